The topological polar surface area (TPSA) is 50.8 Å². The van der Waals surface area contributed by atoms with Crippen molar-refractivity contribution in [3.05, 3.63) is 0 Å². The summed E-state index contributed by atoms with van der Waals surface area (Å²) in [4.78, 5) is 14.3. The number of likely N-dealkylation sites (N-methyl/N-ethyl adjacent to an activating group) is 1. The number of hydrogen-bond acceptors (Lipinski definition) is 5. The molecule has 1 rings (SSSR count). The molecule has 1 aliphatic heterocycles. The lowest BCUT2D eigenvalue weighted by atomic mass is 9.96. The predicted molar refractivity (Wildman–Crippen MR) is 75.2 cm³/mol. The Labute approximate surface area is 116 Å². The van der Waals surface area contributed by atoms with Crippen LogP contribution in [0.4, 0.5) is 0 Å². The van der Waals surface area contributed by atoms with E-state index in [0.717, 1.165) is 52.1 Å². The molecule has 0 amide bonds. The average Bonchev–Trinajstić information content (AvgIpc) is 2.67. The Balaban J connectivity index is 2.33. The monoisotopic (exact) mass is 272 g/mol. The summed E-state index contributed by atoms with van der Waals surface area (Å²) < 4.78 is 10.6. The second kappa shape index (κ2) is 8.51. The number of hydrogen-bond donors (Lipinski definition) is 1. The quantitative estimate of drug-likeness (QED) is 0.702. The number of ether oxygens (including phenoxy) is 2. The van der Waals surface area contributed by atoms with Crippen molar-refractivity contribution in [1.29, 1.82) is 0 Å². The van der Waals surface area contributed by atoms with Gasteiger partial charge in [-0.1, -0.05) is 0 Å². The van der Waals surface area contributed by atoms with Gasteiger partial charge in [0.05, 0.1) is 13.2 Å². The zero-order chi connectivity index (χ0) is 14.1. The van der Waals surface area contributed by atoms with Crippen molar-refractivity contribution >= 4 is 5.97 Å². The summed E-state index contributed by atoms with van der Waals surface area (Å²) in [6.45, 7) is 8.97. The van der Waals surface area contributed by atoms with Crippen molar-refractivity contribution in [3.8, 4) is 0 Å². The molecule has 0 spiro atoms. The third-order valence-electron chi connectivity index (χ3n) is 3.74. The summed E-state index contributed by atoms with van der Waals surface area (Å²) in [5, 5.41) is 3.10. The van der Waals surface area contributed by atoms with Gasteiger partial charge in [-0.05, 0) is 46.7 Å². The van der Waals surface area contributed by atoms with Crippen LogP contribution in [-0.2, 0) is 14.3 Å². The molecule has 0 aromatic carbocycles. The number of nitrogens with zero attached hydrogens (tertiary/aromatic N) is 1. The molecule has 1 N–H and O–H groups in total. The van der Waals surface area contributed by atoms with E-state index < -0.39 is 5.54 Å². The van der Waals surface area contributed by atoms with Crippen LogP contribution in [0.3, 0.4) is 0 Å². The van der Waals surface area contributed by atoms with Crippen LogP contribution in [0.5, 0.6) is 0 Å². The normalized spacial score (nSPS) is 20.6. The van der Waals surface area contributed by atoms with Crippen molar-refractivity contribution in [2.45, 2.75) is 38.6 Å². The second-order valence-corrected chi connectivity index (χ2v) is 5.21. The molecule has 19 heavy (non-hydrogen) atoms. The molecule has 1 atom stereocenters. The summed E-state index contributed by atoms with van der Waals surface area (Å²) in [6.07, 6.45) is 2.87. The smallest absolute Gasteiger partial charge is 0.326 e. The fraction of sp³-hybridized carbons (Fsp3) is 0.929. The van der Waals surface area contributed by atoms with Crippen molar-refractivity contribution in [1.82, 2.24) is 10.2 Å². The van der Waals surface area contributed by atoms with E-state index in [2.05, 4.69) is 10.2 Å². The highest BCUT2D eigenvalue weighted by molar-refractivity contribution is 5.80. The molecule has 0 saturated carbocycles. The van der Waals surface area contributed by atoms with Gasteiger partial charge in [0.15, 0.2) is 0 Å². The summed E-state index contributed by atoms with van der Waals surface area (Å²) in [5.74, 6) is -0.156. The standard InChI is InChI=1S/C14H28N2O3/c1-4-19-13(17)14(2,15-3)7-5-8-16-9-6-11-18-12-10-16/h15H,4-12H2,1-3H3. The molecular formula is C14H28N2O3. The first-order valence-corrected chi connectivity index (χ1v) is 7.28. The lowest BCUT2D eigenvalue weighted by Gasteiger charge is -2.28. The highest BCUT2D eigenvalue weighted by atomic mass is 16.5. The van der Waals surface area contributed by atoms with Gasteiger partial charge >= 0.3 is 5.97 Å². The highest BCUT2D eigenvalue weighted by Gasteiger charge is 2.32. The van der Waals surface area contributed by atoms with E-state index in [-0.39, 0.29) is 5.97 Å². The summed E-state index contributed by atoms with van der Waals surface area (Å²) in [6, 6.07) is 0. The maximum Gasteiger partial charge on any atom is 0.326 e. The zero-order valence-electron chi connectivity index (χ0n) is 12.5. The maximum absolute atomic E-state index is 11.9. The van der Waals surface area contributed by atoms with Crippen LogP contribution in [0, 0.1) is 0 Å². The van der Waals surface area contributed by atoms with E-state index >= 15 is 0 Å². The van der Waals surface area contributed by atoms with Crippen LogP contribution in [0.1, 0.15) is 33.1 Å². The molecule has 0 aromatic heterocycles. The number of rotatable bonds is 7. The fourth-order valence-corrected chi connectivity index (χ4v) is 2.30. The van der Waals surface area contributed by atoms with E-state index in [1.807, 2.05) is 20.9 Å². The van der Waals surface area contributed by atoms with Gasteiger partial charge in [-0.2, -0.15) is 0 Å². The van der Waals surface area contributed by atoms with E-state index in [9.17, 15) is 4.79 Å². The van der Waals surface area contributed by atoms with Crippen LogP contribution in [-0.4, -0.2) is 62.9 Å². The van der Waals surface area contributed by atoms with Gasteiger partial charge in [-0.3, -0.25) is 4.79 Å². The first-order valence-electron chi connectivity index (χ1n) is 7.28. The van der Waals surface area contributed by atoms with Crippen molar-refractivity contribution in [2.24, 2.45) is 0 Å². The Morgan fingerprint density at radius 2 is 2.21 bits per heavy atom. The van der Waals surface area contributed by atoms with Crippen LogP contribution >= 0.6 is 0 Å². The first-order chi connectivity index (χ1) is 9.12. The minimum atomic E-state index is -0.571. The minimum absolute atomic E-state index is 0.156. The number of carbonyl (C=O) groups excluding carboxylic acids is 1. The molecule has 1 heterocycles. The molecule has 5 heteroatoms. The Hall–Kier alpha value is -0.650. The predicted octanol–water partition coefficient (Wildman–Crippen LogP) is 1.03. The van der Waals surface area contributed by atoms with Crippen molar-refractivity contribution in [2.75, 3.05) is 46.5 Å². The van der Waals surface area contributed by atoms with E-state index in [1.54, 1.807) is 0 Å². The van der Waals surface area contributed by atoms with E-state index in [1.165, 1.54) is 0 Å². The fourth-order valence-electron chi connectivity index (χ4n) is 2.30. The minimum Gasteiger partial charge on any atom is -0.465 e. The summed E-state index contributed by atoms with van der Waals surface area (Å²) in [7, 11) is 1.82. The lowest BCUT2D eigenvalue weighted by molar-refractivity contribution is -0.150. The van der Waals surface area contributed by atoms with Crippen molar-refractivity contribution < 1.29 is 14.3 Å². The molecular weight excluding hydrogens is 244 g/mol. The summed E-state index contributed by atoms with van der Waals surface area (Å²) in [5.41, 5.74) is -0.571. The molecule has 0 bridgehead atoms. The molecule has 112 valence electrons. The third kappa shape index (κ3) is 5.47. The van der Waals surface area contributed by atoms with Gasteiger partial charge in [0, 0.05) is 19.7 Å². The van der Waals surface area contributed by atoms with Gasteiger partial charge in [-0.15, -0.1) is 0 Å². The molecule has 1 fully saturated rings. The van der Waals surface area contributed by atoms with Gasteiger partial charge in [0.1, 0.15) is 5.54 Å². The molecule has 0 aromatic rings. The van der Waals surface area contributed by atoms with Crippen molar-refractivity contribution in [3.63, 3.8) is 0 Å². The first kappa shape index (κ1) is 16.4. The second-order valence-electron chi connectivity index (χ2n) is 5.21. The van der Waals surface area contributed by atoms with Gasteiger partial charge in [0.2, 0.25) is 0 Å². The average molecular weight is 272 g/mol. The van der Waals surface area contributed by atoms with Crippen LogP contribution in [0.2, 0.25) is 0 Å². The molecule has 0 aliphatic carbocycles. The van der Waals surface area contributed by atoms with Crippen LogP contribution < -0.4 is 5.32 Å². The van der Waals surface area contributed by atoms with Gasteiger partial charge in [-0.25, -0.2) is 0 Å². The molecule has 0 radical (unpaired) electrons. The molecule has 1 unspecified atom stereocenters. The van der Waals surface area contributed by atoms with Crippen LogP contribution in [0.25, 0.3) is 0 Å². The van der Waals surface area contributed by atoms with E-state index in [0.29, 0.717) is 6.61 Å². The molecule has 1 aliphatic rings. The SMILES string of the molecule is CCOC(=O)C(C)(CCCN1CCCOCC1)NC. The third-order valence-corrected chi connectivity index (χ3v) is 3.74. The highest BCUT2D eigenvalue weighted by Crippen LogP contribution is 2.15. The molecule has 5 nitrogen and oxygen atoms in total. The summed E-state index contributed by atoms with van der Waals surface area (Å²) >= 11 is 0. The largest absolute Gasteiger partial charge is 0.465 e. The molecule has 1 saturated heterocycles. The Morgan fingerprint density at radius 3 is 2.89 bits per heavy atom. The maximum atomic E-state index is 11.9. The van der Waals surface area contributed by atoms with Gasteiger partial charge < -0.3 is 19.7 Å². The zero-order valence-corrected chi connectivity index (χ0v) is 12.5. The number of esters is 1. The Morgan fingerprint density at radius 1 is 1.42 bits per heavy atom. The van der Waals surface area contributed by atoms with Crippen LogP contribution in [0.15, 0.2) is 0 Å². The number of nitrogens with one attached hydrogen (secondary N) is 1. The lowest BCUT2D eigenvalue weighted by Crippen LogP contribution is -2.49. The van der Waals surface area contributed by atoms with E-state index in [4.69, 9.17) is 9.47 Å². The van der Waals surface area contributed by atoms with Gasteiger partial charge in [0.25, 0.3) is 0 Å². The Bertz CT molecular complexity index is 265. The Kier molecular flexibility index (Phi) is 7.34. The number of carbonyl (C=O) groups is 1.